The molecule has 0 N–H and O–H groups in total. The van der Waals surface area contributed by atoms with Crippen LogP contribution in [0.15, 0.2) is 41.2 Å². The fraction of sp³-hybridized carbons (Fsp3) is 0.0833. The van der Waals surface area contributed by atoms with Crippen LogP contribution in [0.1, 0.15) is 5.89 Å². The summed E-state index contributed by atoms with van der Waals surface area (Å²) in [6.45, 7) is 0.334. The van der Waals surface area contributed by atoms with Gasteiger partial charge in [-0.25, -0.2) is 4.39 Å². The van der Waals surface area contributed by atoms with Gasteiger partial charge in [-0.1, -0.05) is 16.8 Å². The molecule has 96 valence electrons. The SMILES string of the molecule is Fc1ccc(-c2noc(Cn3cc(Cl)cn3)n2)cc1. The second kappa shape index (κ2) is 4.81. The highest BCUT2D eigenvalue weighted by Crippen LogP contribution is 2.16. The summed E-state index contributed by atoms with van der Waals surface area (Å²) >= 11 is 5.76. The van der Waals surface area contributed by atoms with Crippen LogP contribution in [-0.2, 0) is 6.54 Å². The van der Waals surface area contributed by atoms with Gasteiger partial charge in [0.2, 0.25) is 11.7 Å². The maximum absolute atomic E-state index is 12.8. The molecule has 0 spiro atoms. The van der Waals surface area contributed by atoms with E-state index >= 15 is 0 Å². The van der Waals surface area contributed by atoms with Gasteiger partial charge < -0.3 is 4.52 Å². The number of rotatable bonds is 3. The van der Waals surface area contributed by atoms with Gasteiger partial charge in [-0.05, 0) is 24.3 Å². The van der Waals surface area contributed by atoms with Crippen LogP contribution in [0, 0.1) is 5.82 Å². The van der Waals surface area contributed by atoms with Crippen LogP contribution < -0.4 is 0 Å². The molecule has 0 radical (unpaired) electrons. The molecule has 7 heteroatoms. The molecule has 0 saturated carbocycles. The molecule has 0 amide bonds. The van der Waals surface area contributed by atoms with Crippen LogP contribution in [0.2, 0.25) is 5.02 Å². The molecule has 2 aromatic heterocycles. The minimum atomic E-state index is -0.307. The molecule has 0 aliphatic carbocycles. The average molecular weight is 279 g/mol. The van der Waals surface area contributed by atoms with Gasteiger partial charge in [0.1, 0.15) is 12.4 Å². The van der Waals surface area contributed by atoms with E-state index in [1.807, 2.05) is 0 Å². The van der Waals surface area contributed by atoms with E-state index in [0.29, 0.717) is 28.8 Å². The Kier molecular flexibility index (Phi) is 3.00. The average Bonchev–Trinajstić information content (AvgIpc) is 3.00. The standard InChI is InChI=1S/C12H8ClFN4O/c13-9-5-15-18(6-9)7-11-16-12(17-19-11)8-1-3-10(14)4-2-8/h1-6H,7H2. The number of aromatic nitrogens is 4. The first-order chi connectivity index (χ1) is 9.20. The lowest BCUT2D eigenvalue weighted by molar-refractivity contribution is 0.366. The van der Waals surface area contributed by atoms with Crippen molar-refractivity contribution in [2.45, 2.75) is 6.54 Å². The molecule has 0 atom stereocenters. The molecular weight excluding hydrogens is 271 g/mol. The minimum Gasteiger partial charge on any atom is -0.337 e. The van der Waals surface area contributed by atoms with Crippen LogP contribution in [0.25, 0.3) is 11.4 Å². The lowest BCUT2D eigenvalue weighted by Gasteiger charge is -1.94. The third-order valence-electron chi connectivity index (χ3n) is 2.47. The van der Waals surface area contributed by atoms with Crippen LogP contribution >= 0.6 is 11.6 Å². The molecule has 5 nitrogen and oxygen atoms in total. The van der Waals surface area contributed by atoms with Gasteiger partial charge >= 0.3 is 0 Å². The van der Waals surface area contributed by atoms with Crippen molar-refractivity contribution in [1.29, 1.82) is 0 Å². The van der Waals surface area contributed by atoms with Gasteiger partial charge in [-0.2, -0.15) is 10.1 Å². The van der Waals surface area contributed by atoms with E-state index in [2.05, 4.69) is 15.2 Å². The van der Waals surface area contributed by atoms with E-state index in [-0.39, 0.29) is 5.82 Å². The van der Waals surface area contributed by atoms with Gasteiger partial charge in [0, 0.05) is 11.8 Å². The van der Waals surface area contributed by atoms with Crippen molar-refractivity contribution in [2.75, 3.05) is 0 Å². The zero-order valence-corrected chi connectivity index (χ0v) is 10.4. The summed E-state index contributed by atoms with van der Waals surface area (Å²) in [6, 6.07) is 5.88. The van der Waals surface area contributed by atoms with Crippen molar-refractivity contribution in [2.24, 2.45) is 0 Å². The second-order valence-electron chi connectivity index (χ2n) is 3.87. The van der Waals surface area contributed by atoms with Crippen LogP contribution in [-0.4, -0.2) is 19.9 Å². The highest BCUT2D eigenvalue weighted by atomic mass is 35.5. The predicted molar refractivity (Wildman–Crippen MR) is 66.0 cm³/mol. The van der Waals surface area contributed by atoms with Crippen molar-refractivity contribution in [3.8, 4) is 11.4 Å². The molecule has 19 heavy (non-hydrogen) atoms. The molecule has 1 aromatic carbocycles. The summed E-state index contributed by atoms with van der Waals surface area (Å²) in [4.78, 5) is 4.21. The quantitative estimate of drug-likeness (QED) is 0.739. The van der Waals surface area contributed by atoms with Gasteiger partial charge in [-0.15, -0.1) is 0 Å². The Morgan fingerprint density at radius 2 is 2.05 bits per heavy atom. The summed E-state index contributed by atoms with van der Waals surface area (Å²) in [6.07, 6.45) is 3.18. The van der Waals surface area contributed by atoms with E-state index in [1.54, 1.807) is 23.0 Å². The van der Waals surface area contributed by atoms with E-state index in [1.165, 1.54) is 18.3 Å². The molecule has 2 heterocycles. The zero-order chi connectivity index (χ0) is 13.2. The van der Waals surface area contributed by atoms with Crippen molar-refractivity contribution in [1.82, 2.24) is 19.9 Å². The first kappa shape index (κ1) is 11.9. The molecule has 3 rings (SSSR count). The highest BCUT2D eigenvalue weighted by Gasteiger charge is 2.09. The molecule has 0 aliphatic heterocycles. The van der Waals surface area contributed by atoms with Crippen LogP contribution in [0.5, 0.6) is 0 Å². The third-order valence-corrected chi connectivity index (χ3v) is 2.66. The molecular formula is C12H8ClFN4O. The maximum atomic E-state index is 12.8. The van der Waals surface area contributed by atoms with Crippen LogP contribution in [0.3, 0.4) is 0 Å². The lowest BCUT2D eigenvalue weighted by Crippen LogP contribution is -1.99. The Labute approximate surface area is 112 Å². The van der Waals surface area contributed by atoms with Crippen molar-refractivity contribution < 1.29 is 8.91 Å². The Morgan fingerprint density at radius 3 is 2.74 bits per heavy atom. The Morgan fingerprint density at radius 1 is 1.26 bits per heavy atom. The fourth-order valence-corrected chi connectivity index (χ4v) is 1.75. The summed E-state index contributed by atoms with van der Waals surface area (Å²) < 4.78 is 19.5. The minimum absolute atomic E-state index is 0.307. The van der Waals surface area contributed by atoms with Crippen LogP contribution in [0.4, 0.5) is 4.39 Å². The number of hydrogen-bond donors (Lipinski definition) is 0. The summed E-state index contributed by atoms with van der Waals surface area (Å²) in [5.41, 5.74) is 0.690. The fourth-order valence-electron chi connectivity index (χ4n) is 1.60. The Balaban J connectivity index is 1.81. The summed E-state index contributed by atoms with van der Waals surface area (Å²) in [5.74, 6) is 0.506. The summed E-state index contributed by atoms with van der Waals surface area (Å²) in [5, 5.41) is 8.39. The van der Waals surface area contributed by atoms with Crippen molar-refractivity contribution >= 4 is 11.6 Å². The summed E-state index contributed by atoms with van der Waals surface area (Å²) in [7, 11) is 0. The van der Waals surface area contributed by atoms with Gasteiger partial charge in [0.15, 0.2) is 0 Å². The molecule has 0 bridgehead atoms. The maximum Gasteiger partial charge on any atom is 0.248 e. The normalized spacial score (nSPS) is 10.8. The molecule has 0 fully saturated rings. The van der Waals surface area contributed by atoms with Gasteiger partial charge in [0.05, 0.1) is 11.2 Å². The Bertz CT molecular complexity index is 692. The Hall–Kier alpha value is -2.21. The first-order valence-electron chi connectivity index (χ1n) is 5.47. The van der Waals surface area contributed by atoms with Gasteiger partial charge in [0.25, 0.3) is 0 Å². The highest BCUT2D eigenvalue weighted by molar-refractivity contribution is 6.30. The molecule has 0 unspecified atom stereocenters. The monoisotopic (exact) mass is 278 g/mol. The second-order valence-corrected chi connectivity index (χ2v) is 4.31. The first-order valence-corrected chi connectivity index (χ1v) is 5.85. The molecule has 3 aromatic rings. The smallest absolute Gasteiger partial charge is 0.248 e. The van der Waals surface area contributed by atoms with Crippen molar-refractivity contribution in [3.63, 3.8) is 0 Å². The topological polar surface area (TPSA) is 56.7 Å². The van der Waals surface area contributed by atoms with E-state index in [9.17, 15) is 4.39 Å². The third kappa shape index (κ3) is 2.63. The van der Waals surface area contributed by atoms with Crippen molar-refractivity contribution in [3.05, 3.63) is 53.4 Å². The zero-order valence-electron chi connectivity index (χ0n) is 9.62. The van der Waals surface area contributed by atoms with E-state index in [0.717, 1.165) is 0 Å². The largest absolute Gasteiger partial charge is 0.337 e. The lowest BCUT2D eigenvalue weighted by atomic mass is 10.2. The van der Waals surface area contributed by atoms with E-state index in [4.69, 9.17) is 16.1 Å². The number of benzene rings is 1. The molecule has 0 aliphatic rings. The number of nitrogens with zero attached hydrogens (tertiary/aromatic N) is 4. The number of hydrogen-bond acceptors (Lipinski definition) is 4. The predicted octanol–water partition coefficient (Wildman–Crippen LogP) is 2.77. The number of halogens is 2. The van der Waals surface area contributed by atoms with E-state index < -0.39 is 0 Å². The molecule has 0 saturated heterocycles. The van der Waals surface area contributed by atoms with Gasteiger partial charge in [-0.3, -0.25) is 4.68 Å².